The zero-order valence-corrected chi connectivity index (χ0v) is 10.5. The van der Waals surface area contributed by atoms with Crippen LogP contribution in [-0.2, 0) is 4.79 Å². The number of nitro groups is 1. The van der Waals surface area contributed by atoms with Crippen LogP contribution in [0, 0.1) is 23.0 Å². The molecule has 3 N–H and O–H groups in total. The number of hydrogen-bond donors (Lipinski definition) is 2. The molecule has 2 atom stereocenters. The van der Waals surface area contributed by atoms with E-state index in [1.165, 1.54) is 12.1 Å². The summed E-state index contributed by atoms with van der Waals surface area (Å²) in [5, 5.41) is 13.4. The van der Waals surface area contributed by atoms with Crippen LogP contribution < -0.4 is 11.1 Å². The number of benzene rings is 1. The highest BCUT2D eigenvalue weighted by molar-refractivity contribution is 5.94. The molecule has 1 aromatic rings. The number of non-ortho nitro benzene ring substituents is 1. The smallest absolute Gasteiger partial charge is 0.269 e. The van der Waals surface area contributed by atoms with Gasteiger partial charge in [-0.05, 0) is 25.0 Å². The zero-order chi connectivity index (χ0) is 14.0. The van der Waals surface area contributed by atoms with Gasteiger partial charge in [-0.3, -0.25) is 14.9 Å². The van der Waals surface area contributed by atoms with Crippen molar-refractivity contribution in [1.29, 1.82) is 0 Å². The Morgan fingerprint density at radius 2 is 2.21 bits per heavy atom. The van der Waals surface area contributed by atoms with E-state index in [0.717, 1.165) is 0 Å². The summed E-state index contributed by atoms with van der Waals surface area (Å²) in [5.74, 6) is -0.370. The molecule has 0 saturated carbocycles. The summed E-state index contributed by atoms with van der Waals surface area (Å²) in [6.07, 6.45) is 4.20. The van der Waals surface area contributed by atoms with Gasteiger partial charge in [0.05, 0.1) is 10.8 Å². The fraction of sp³-hybridized carbons (Fsp3) is 0.308. The van der Waals surface area contributed by atoms with Crippen molar-refractivity contribution >= 4 is 17.3 Å². The number of carbonyl (C=O) groups excluding carboxylic acids is 1. The monoisotopic (exact) mass is 261 g/mol. The van der Waals surface area contributed by atoms with E-state index in [4.69, 9.17) is 5.73 Å². The van der Waals surface area contributed by atoms with Gasteiger partial charge in [0.15, 0.2) is 0 Å². The predicted octanol–water partition coefficient (Wildman–Crippen LogP) is 1.75. The van der Waals surface area contributed by atoms with Gasteiger partial charge in [-0.15, -0.1) is 0 Å². The van der Waals surface area contributed by atoms with Gasteiger partial charge < -0.3 is 11.1 Å². The van der Waals surface area contributed by atoms with E-state index in [2.05, 4.69) is 5.32 Å². The molecule has 19 heavy (non-hydrogen) atoms. The van der Waals surface area contributed by atoms with Crippen LogP contribution in [0.2, 0.25) is 0 Å². The summed E-state index contributed by atoms with van der Waals surface area (Å²) in [6, 6.07) is 4.28. The number of nitrogens with zero attached hydrogens (tertiary/aromatic N) is 1. The standard InChI is InChI=1S/C13H15N3O3/c1-8-6-11(16(18)19)4-5-12(8)15-13(17)9-2-3-10(14)7-9/h2-6,9-10H,7,14H2,1H3,(H,15,17). The summed E-state index contributed by atoms with van der Waals surface area (Å²) in [6.45, 7) is 1.72. The maximum absolute atomic E-state index is 12.0. The number of nitrogens with one attached hydrogen (secondary N) is 1. The summed E-state index contributed by atoms with van der Waals surface area (Å²) >= 11 is 0. The summed E-state index contributed by atoms with van der Waals surface area (Å²) < 4.78 is 0. The van der Waals surface area contributed by atoms with Gasteiger partial charge in [-0.25, -0.2) is 0 Å². The number of rotatable bonds is 3. The van der Waals surface area contributed by atoms with E-state index in [-0.39, 0.29) is 23.6 Å². The molecule has 0 heterocycles. The highest BCUT2D eigenvalue weighted by Crippen LogP contribution is 2.23. The number of carbonyl (C=O) groups is 1. The third-order valence-corrected chi connectivity index (χ3v) is 3.13. The van der Waals surface area contributed by atoms with Gasteiger partial charge in [0.1, 0.15) is 0 Å². The number of nitro benzene ring substituents is 1. The van der Waals surface area contributed by atoms with Crippen LogP contribution in [0.15, 0.2) is 30.4 Å². The van der Waals surface area contributed by atoms with Crippen LogP contribution in [0.25, 0.3) is 0 Å². The molecular weight excluding hydrogens is 246 g/mol. The maximum Gasteiger partial charge on any atom is 0.269 e. The Balaban J connectivity index is 2.09. The third kappa shape index (κ3) is 2.97. The van der Waals surface area contributed by atoms with E-state index in [9.17, 15) is 14.9 Å². The molecule has 0 fully saturated rings. The third-order valence-electron chi connectivity index (χ3n) is 3.13. The number of nitrogens with two attached hydrogens (primary N) is 1. The minimum absolute atomic E-state index is 0.0123. The van der Waals surface area contributed by atoms with Gasteiger partial charge in [0.2, 0.25) is 5.91 Å². The molecule has 6 nitrogen and oxygen atoms in total. The molecule has 100 valence electrons. The second-order valence-electron chi connectivity index (χ2n) is 4.64. The minimum atomic E-state index is -0.461. The lowest BCUT2D eigenvalue weighted by Crippen LogP contribution is -2.24. The SMILES string of the molecule is Cc1cc([N+](=O)[O-])ccc1NC(=O)C1C=CC(N)C1. The minimum Gasteiger partial charge on any atom is -0.325 e. The Bertz CT molecular complexity index is 554. The Hall–Kier alpha value is -2.21. The molecule has 0 saturated heterocycles. The van der Waals surface area contributed by atoms with E-state index >= 15 is 0 Å². The maximum atomic E-state index is 12.0. The number of aryl methyl sites for hydroxylation is 1. The van der Waals surface area contributed by atoms with Crippen LogP contribution in [0.1, 0.15) is 12.0 Å². The molecule has 0 aliphatic heterocycles. The molecule has 2 unspecified atom stereocenters. The second-order valence-corrected chi connectivity index (χ2v) is 4.64. The molecule has 6 heteroatoms. The molecule has 1 aliphatic carbocycles. The second kappa shape index (κ2) is 5.19. The van der Waals surface area contributed by atoms with Crippen molar-refractivity contribution in [3.05, 3.63) is 46.0 Å². The Morgan fingerprint density at radius 3 is 2.74 bits per heavy atom. The lowest BCUT2D eigenvalue weighted by atomic mass is 10.1. The lowest BCUT2D eigenvalue weighted by molar-refractivity contribution is -0.384. The van der Waals surface area contributed by atoms with Crippen LogP contribution in [0.3, 0.4) is 0 Å². The fourth-order valence-electron chi connectivity index (χ4n) is 2.05. The van der Waals surface area contributed by atoms with Gasteiger partial charge >= 0.3 is 0 Å². The Kier molecular flexibility index (Phi) is 3.62. The van der Waals surface area contributed by atoms with Crippen molar-refractivity contribution in [1.82, 2.24) is 0 Å². The van der Waals surface area contributed by atoms with E-state index < -0.39 is 4.92 Å². The molecule has 0 spiro atoms. The van der Waals surface area contributed by atoms with Crippen molar-refractivity contribution in [2.45, 2.75) is 19.4 Å². The van der Waals surface area contributed by atoms with Crippen molar-refractivity contribution in [2.75, 3.05) is 5.32 Å². The van der Waals surface area contributed by atoms with E-state index in [1.807, 2.05) is 6.08 Å². The highest BCUT2D eigenvalue weighted by atomic mass is 16.6. The Morgan fingerprint density at radius 1 is 1.47 bits per heavy atom. The molecule has 2 rings (SSSR count). The lowest BCUT2D eigenvalue weighted by Gasteiger charge is -2.12. The molecular formula is C13H15N3O3. The largest absolute Gasteiger partial charge is 0.325 e. The molecule has 0 bridgehead atoms. The number of hydrogen-bond acceptors (Lipinski definition) is 4. The molecule has 1 aliphatic rings. The van der Waals surface area contributed by atoms with E-state index in [1.54, 1.807) is 19.1 Å². The van der Waals surface area contributed by atoms with Gasteiger partial charge in [0, 0.05) is 23.9 Å². The summed E-state index contributed by atoms with van der Waals surface area (Å²) in [4.78, 5) is 22.1. The highest BCUT2D eigenvalue weighted by Gasteiger charge is 2.23. The molecule has 0 aromatic heterocycles. The van der Waals surface area contributed by atoms with Crippen LogP contribution in [0.4, 0.5) is 11.4 Å². The van der Waals surface area contributed by atoms with Crippen molar-refractivity contribution in [3.8, 4) is 0 Å². The van der Waals surface area contributed by atoms with Gasteiger partial charge in [-0.1, -0.05) is 12.2 Å². The molecule has 1 aromatic carbocycles. The average molecular weight is 261 g/mol. The quantitative estimate of drug-likeness (QED) is 0.492. The average Bonchev–Trinajstić information content (AvgIpc) is 2.78. The first-order chi connectivity index (χ1) is 8.97. The van der Waals surface area contributed by atoms with E-state index in [0.29, 0.717) is 17.7 Å². The molecule has 1 amide bonds. The zero-order valence-electron chi connectivity index (χ0n) is 10.5. The predicted molar refractivity (Wildman–Crippen MR) is 71.7 cm³/mol. The fourth-order valence-corrected chi connectivity index (χ4v) is 2.05. The first-order valence-electron chi connectivity index (χ1n) is 5.97. The Labute approximate surface area is 110 Å². The van der Waals surface area contributed by atoms with Crippen LogP contribution >= 0.6 is 0 Å². The summed E-state index contributed by atoms with van der Waals surface area (Å²) in [5.41, 5.74) is 6.96. The number of amides is 1. The van der Waals surface area contributed by atoms with Crippen molar-refractivity contribution < 1.29 is 9.72 Å². The van der Waals surface area contributed by atoms with Crippen LogP contribution in [-0.4, -0.2) is 16.9 Å². The van der Waals surface area contributed by atoms with Crippen molar-refractivity contribution in [3.63, 3.8) is 0 Å². The van der Waals surface area contributed by atoms with Gasteiger partial charge in [0.25, 0.3) is 5.69 Å². The normalized spacial score (nSPS) is 21.4. The summed E-state index contributed by atoms with van der Waals surface area (Å²) in [7, 11) is 0. The van der Waals surface area contributed by atoms with Crippen molar-refractivity contribution in [2.24, 2.45) is 11.7 Å². The first kappa shape index (κ1) is 13.2. The van der Waals surface area contributed by atoms with Crippen LogP contribution in [0.5, 0.6) is 0 Å². The molecule has 0 radical (unpaired) electrons. The number of anilines is 1. The van der Waals surface area contributed by atoms with Gasteiger partial charge in [-0.2, -0.15) is 0 Å². The topological polar surface area (TPSA) is 98.3 Å². The first-order valence-corrected chi connectivity index (χ1v) is 5.97.